The number of nitrogens with zero attached hydrogens (tertiary/aromatic N) is 1. The third-order valence-electron chi connectivity index (χ3n) is 4.50. The Kier molecular flexibility index (Phi) is 6.55. The van der Waals surface area contributed by atoms with Gasteiger partial charge < -0.3 is 14.4 Å². The van der Waals surface area contributed by atoms with E-state index >= 15 is 0 Å². The molecule has 3 rings (SSSR count). The highest BCUT2D eigenvalue weighted by atomic mass is 35.5. The predicted molar refractivity (Wildman–Crippen MR) is 105 cm³/mol. The zero-order chi connectivity index (χ0) is 19.2. The second kappa shape index (κ2) is 9.08. The first kappa shape index (κ1) is 19.5. The molecule has 1 heterocycles. The van der Waals surface area contributed by atoms with E-state index in [0.29, 0.717) is 36.1 Å². The minimum Gasteiger partial charge on any atom is -0.497 e. The largest absolute Gasteiger partial charge is 0.497 e. The highest BCUT2D eigenvalue weighted by Crippen LogP contribution is 2.29. The standard InChI is InChI=1S/C20H24ClN3O3/c1-24(12-14-6-4-3-5-7-14)20(25)18-10-15(22-23-18)13-27-19-9-8-16(26-2)11-17(19)21/h3-9,11,15,18,22-23H,10,12-13H2,1-2H3. The lowest BCUT2D eigenvalue weighted by molar-refractivity contribution is -0.132. The van der Waals surface area contributed by atoms with E-state index in [1.165, 1.54) is 0 Å². The van der Waals surface area contributed by atoms with Crippen LogP contribution in [0.15, 0.2) is 48.5 Å². The summed E-state index contributed by atoms with van der Waals surface area (Å²) in [4.78, 5) is 14.4. The summed E-state index contributed by atoms with van der Waals surface area (Å²) in [5.41, 5.74) is 7.30. The van der Waals surface area contributed by atoms with E-state index in [0.717, 1.165) is 5.56 Å². The highest BCUT2D eigenvalue weighted by Gasteiger charge is 2.31. The van der Waals surface area contributed by atoms with Gasteiger partial charge in [0.15, 0.2) is 0 Å². The number of likely N-dealkylation sites (N-methyl/N-ethyl adjacent to an activating group) is 1. The molecule has 1 aliphatic rings. The Morgan fingerprint density at radius 3 is 2.70 bits per heavy atom. The number of halogens is 1. The van der Waals surface area contributed by atoms with Crippen molar-refractivity contribution in [3.63, 3.8) is 0 Å². The average molecular weight is 390 g/mol. The van der Waals surface area contributed by atoms with Gasteiger partial charge in [-0.15, -0.1) is 0 Å². The maximum absolute atomic E-state index is 12.6. The number of hydrogen-bond donors (Lipinski definition) is 2. The van der Waals surface area contributed by atoms with Gasteiger partial charge in [0.1, 0.15) is 24.1 Å². The number of methoxy groups -OCH3 is 1. The van der Waals surface area contributed by atoms with E-state index in [9.17, 15) is 4.79 Å². The third kappa shape index (κ3) is 5.13. The van der Waals surface area contributed by atoms with E-state index in [4.69, 9.17) is 21.1 Å². The minimum absolute atomic E-state index is 0.0160. The summed E-state index contributed by atoms with van der Waals surface area (Å²) in [7, 11) is 3.41. The molecule has 1 amide bonds. The molecule has 144 valence electrons. The lowest BCUT2D eigenvalue weighted by atomic mass is 10.1. The van der Waals surface area contributed by atoms with Crippen LogP contribution in [0.1, 0.15) is 12.0 Å². The van der Waals surface area contributed by atoms with Gasteiger partial charge in [0.05, 0.1) is 18.2 Å². The smallest absolute Gasteiger partial charge is 0.241 e. The Labute approximate surface area is 164 Å². The number of carbonyl (C=O) groups excluding carboxylic acids is 1. The van der Waals surface area contributed by atoms with Crippen molar-refractivity contribution in [1.82, 2.24) is 15.8 Å². The van der Waals surface area contributed by atoms with Crippen molar-refractivity contribution in [2.24, 2.45) is 0 Å². The molecule has 0 radical (unpaired) electrons. The van der Waals surface area contributed by atoms with Gasteiger partial charge in [0.25, 0.3) is 0 Å². The predicted octanol–water partition coefficient (Wildman–Crippen LogP) is 2.62. The maximum atomic E-state index is 12.6. The van der Waals surface area contributed by atoms with Crippen LogP contribution in [0.4, 0.5) is 0 Å². The number of benzene rings is 2. The van der Waals surface area contributed by atoms with E-state index in [1.807, 2.05) is 37.4 Å². The van der Waals surface area contributed by atoms with Gasteiger partial charge in [0.2, 0.25) is 5.91 Å². The fraction of sp³-hybridized carbons (Fsp3) is 0.350. The number of nitrogens with one attached hydrogen (secondary N) is 2. The van der Waals surface area contributed by atoms with Gasteiger partial charge in [-0.3, -0.25) is 10.2 Å². The molecule has 6 nitrogen and oxygen atoms in total. The summed E-state index contributed by atoms with van der Waals surface area (Å²) in [6, 6.07) is 15.0. The molecule has 0 spiro atoms. The number of rotatable bonds is 7. The monoisotopic (exact) mass is 389 g/mol. The lowest BCUT2D eigenvalue weighted by Crippen LogP contribution is -2.44. The zero-order valence-corrected chi connectivity index (χ0v) is 16.2. The van der Waals surface area contributed by atoms with E-state index in [-0.39, 0.29) is 18.0 Å². The summed E-state index contributed by atoms with van der Waals surface area (Å²) in [6.07, 6.45) is 0.645. The molecular formula is C20H24ClN3O3. The van der Waals surface area contributed by atoms with Crippen molar-refractivity contribution >= 4 is 17.5 Å². The maximum Gasteiger partial charge on any atom is 0.241 e. The molecular weight excluding hydrogens is 366 g/mol. The molecule has 1 aliphatic heterocycles. The number of ether oxygens (including phenoxy) is 2. The van der Waals surface area contributed by atoms with Crippen LogP contribution in [-0.4, -0.2) is 43.7 Å². The van der Waals surface area contributed by atoms with Crippen LogP contribution >= 0.6 is 11.6 Å². The van der Waals surface area contributed by atoms with E-state index < -0.39 is 0 Å². The molecule has 2 N–H and O–H groups in total. The second-order valence-electron chi connectivity index (χ2n) is 6.56. The average Bonchev–Trinajstić information content (AvgIpc) is 3.16. The molecule has 2 aromatic rings. The quantitative estimate of drug-likeness (QED) is 0.762. The molecule has 2 aromatic carbocycles. The van der Waals surface area contributed by atoms with Crippen LogP contribution in [0.5, 0.6) is 11.5 Å². The zero-order valence-electron chi connectivity index (χ0n) is 15.4. The molecule has 0 aliphatic carbocycles. The van der Waals surface area contributed by atoms with Gasteiger partial charge in [-0.25, -0.2) is 5.43 Å². The van der Waals surface area contributed by atoms with Crippen molar-refractivity contribution in [2.45, 2.75) is 25.0 Å². The fourth-order valence-electron chi connectivity index (χ4n) is 3.01. The lowest BCUT2D eigenvalue weighted by Gasteiger charge is -2.21. The molecule has 2 atom stereocenters. The van der Waals surface area contributed by atoms with Crippen LogP contribution in [-0.2, 0) is 11.3 Å². The van der Waals surface area contributed by atoms with Crippen LogP contribution in [0.3, 0.4) is 0 Å². The molecule has 1 saturated heterocycles. The summed E-state index contributed by atoms with van der Waals surface area (Å²) in [5.74, 6) is 1.33. The Hall–Kier alpha value is -2.28. The van der Waals surface area contributed by atoms with Crippen LogP contribution < -0.4 is 20.3 Å². The summed E-state index contributed by atoms with van der Waals surface area (Å²) < 4.78 is 10.9. The van der Waals surface area contributed by atoms with Gasteiger partial charge >= 0.3 is 0 Å². The van der Waals surface area contributed by atoms with Crippen molar-refractivity contribution < 1.29 is 14.3 Å². The van der Waals surface area contributed by atoms with E-state index in [2.05, 4.69) is 10.9 Å². The number of hydrogen-bond acceptors (Lipinski definition) is 5. The molecule has 0 saturated carbocycles. The summed E-state index contributed by atoms with van der Waals surface area (Å²) in [5, 5.41) is 0.496. The Morgan fingerprint density at radius 1 is 1.22 bits per heavy atom. The van der Waals surface area contributed by atoms with Crippen LogP contribution in [0.25, 0.3) is 0 Å². The van der Waals surface area contributed by atoms with Gasteiger partial charge in [-0.1, -0.05) is 41.9 Å². The molecule has 7 heteroatoms. The van der Waals surface area contributed by atoms with Crippen LogP contribution in [0.2, 0.25) is 5.02 Å². The molecule has 0 bridgehead atoms. The molecule has 0 aromatic heterocycles. The van der Waals surface area contributed by atoms with Gasteiger partial charge in [-0.2, -0.15) is 0 Å². The minimum atomic E-state index is -0.279. The number of amides is 1. The van der Waals surface area contributed by atoms with Crippen molar-refractivity contribution in [3.8, 4) is 11.5 Å². The number of hydrazine groups is 1. The third-order valence-corrected chi connectivity index (χ3v) is 4.79. The first-order valence-electron chi connectivity index (χ1n) is 8.83. The topological polar surface area (TPSA) is 62.8 Å². The van der Waals surface area contributed by atoms with Crippen molar-refractivity contribution in [1.29, 1.82) is 0 Å². The van der Waals surface area contributed by atoms with Crippen molar-refractivity contribution in [2.75, 3.05) is 20.8 Å². The Balaban J connectivity index is 1.48. The molecule has 2 unspecified atom stereocenters. The SMILES string of the molecule is COc1ccc(OCC2CC(C(=O)N(C)Cc3ccccc3)NN2)c(Cl)c1. The molecule has 1 fully saturated rings. The fourth-order valence-corrected chi connectivity index (χ4v) is 3.24. The first-order chi connectivity index (χ1) is 13.1. The van der Waals surface area contributed by atoms with Crippen LogP contribution in [0, 0.1) is 0 Å². The first-order valence-corrected chi connectivity index (χ1v) is 9.21. The van der Waals surface area contributed by atoms with Gasteiger partial charge in [-0.05, 0) is 24.1 Å². The number of carbonyl (C=O) groups is 1. The second-order valence-corrected chi connectivity index (χ2v) is 6.97. The normalized spacial score (nSPS) is 18.9. The molecule has 27 heavy (non-hydrogen) atoms. The van der Waals surface area contributed by atoms with Gasteiger partial charge in [0, 0.05) is 19.7 Å². The van der Waals surface area contributed by atoms with E-state index in [1.54, 1.807) is 30.2 Å². The van der Waals surface area contributed by atoms with Crippen molar-refractivity contribution in [3.05, 3.63) is 59.1 Å². The summed E-state index contributed by atoms with van der Waals surface area (Å²) >= 11 is 6.19. The Bertz CT molecular complexity index is 772. The highest BCUT2D eigenvalue weighted by molar-refractivity contribution is 6.32. The Morgan fingerprint density at radius 2 is 2.00 bits per heavy atom. The summed E-state index contributed by atoms with van der Waals surface area (Å²) in [6.45, 7) is 0.992.